The van der Waals surface area contributed by atoms with Gasteiger partial charge in [-0.1, -0.05) is 12.8 Å². The first kappa shape index (κ1) is 10.3. The second kappa shape index (κ2) is 4.43. The van der Waals surface area contributed by atoms with Gasteiger partial charge in [-0.2, -0.15) is 4.98 Å². The molecule has 0 unspecified atom stereocenters. The van der Waals surface area contributed by atoms with E-state index < -0.39 is 0 Å². The quantitative estimate of drug-likeness (QED) is 0.688. The van der Waals surface area contributed by atoms with Crippen LogP contribution in [0.4, 0.5) is 0 Å². The van der Waals surface area contributed by atoms with Gasteiger partial charge in [-0.3, -0.25) is 9.29 Å². The van der Waals surface area contributed by atoms with E-state index in [0.29, 0.717) is 13.1 Å². The zero-order valence-corrected chi connectivity index (χ0v) is 8.64. The van der Waals surface area contributed by atoms with Crippen molar-refractivity contribution < 1.29 is 0 Å². The maximum atomic E-state index is 11.4. The van der Waals surface area contributed by atoms with Crippen molar-refractivity contribution in [3.8, 4) is 0 Å². The van der Waals surface area contributed by atoms with Crippen LogP contribution in [0.1, 0.15) is 11.4 Å². The fourth-order valence-corrected chi connectivity index (χ4v) is 1.31. The summed E-state index contributed by atoms with van der Waals surface area (Å²) in [6.07, 6.45) is 0. The van der Waals surface area contributed by atoms with Crippen molar-refractivity contribution in [2.45, 2.75) is 20.4 Å². The lowest BCUT2D eigenvalue weighted by Gasteiger charge is -2.08. The number of aromatic nitrogens is 2. The van der Waals surface area contributed by atoms with E-state index >= 15 is 0 Å². The van der Waals surface area contributed by atoms with E-state index in [0.717, 1.165) is 11.4 Å². The van der Waals surface area contributed by atoms with Crippen molar-refractivity contribution in [2.24, 2.45) is 0 Å². The van der Waals surface area contributed by atoms with E-state index in [1.807, 2.05) is 19.9 Å². The maximum absolute atomic E-state index is 11.4. The van der Waals surface area contributed by atoms with E-state index in [1.54, 1.807) is 4.57 Å². The summed E-state index contributed by atoms with van der Waals surface area (Å²) in [5, 5.41) is 0. The highest BCUT2D eigenvalue weighted by atomic mass is 32.1. The lowest BCUT2D eigenvalue weighted by molar-refractivity contribution is 0.623. The number of rotatable bonds is 3. The van der Waals surface area contributed by atoms with Crippen molar-refractivity contribution in [3.63, 3.8) is 0 Å². The number of thiol groups is 1. The summed E-state index contributed by atoms with van der Waals surface area (Å²) < 4.78 is 4.31. The highest BCUT2D eigenvalue weighted by molar-refractivity contribution is 7.78. The number of hydrogen-bond acceptors (Lipinski definition) is 4. The van der Waals surface area contributed by atoms with Gasteiger partial charge in [0, 0.05) is 24.5 Å². The summed E-state index contributed by atoms with van der Waals surface area (Å²) in [6, 6.07) is 1.89. The van der Waals surface area contributed by atoms with Gasteiger partial charge < -0.3 is 0 Å². The lowest BCUT2D eigenvalue weighted by atomic mass is 10.3. The molecule has 1 aromatic heterocycles. The molecule has 1 rings (SSSR count). The molecule has 0 spiro atoms. The van der Waals surface area contributed by atoms with Crippen LogP contribution >= 0.6 is 12.8 Å². The van der Waals surface area contributed by atoms with Crippen molar-refractivity contribution in [1.29, 1.82) is 0 Å². The first-order valence-electron chi connectivity index (χ1n) is 4.07. The van der Waals surface area contributed by atoms with Gasteiger partial charge in [0.25, 0.3) is 0 Å². The van der Waals surface area contributed by atoms with Crippen LogP contribution in [0.25, 0.3) is 0 Å². The third-order valence-corrected chi connectivity index (χ3v) is 2.02. The molecule has 0 atom stereocenters. The maximum Gasteiger partial charge on any atom is 0.348 e. The second-order valence-corrected chi connectivity index (χ2v) is 3.20. The molecular formula is C8H13N3OS. The van der Waals surface area contributed by atoms with Crippen LogP contribution in [0.2, 0.25) is 0 Å². The minimum Gasteiger partial charge on any atom is -0.295 e. The number of aryl methyl sites for hydroxylation is 2. The Labute approximate surface area is 82.5 Å². The molecule has 0 fully saturated rings. The minimum atomic E-state index is -0.193. The molecule has 0 aliphatic rings. The fraction of sp³-hybridized carbons (Fsp3) is 0.500. The van der Waals surface area contributed by atoms with Gasteiger partial charge in [-0.15, -0.1) is 0 Å². The second-order valence-electron chi connectivity index (χ2n) is 2.88. The van der Waals surface area contributed by atoms with Crippen LogP contribution in [0.5, 0.6) is 0 Å². The van der Waals surface area contributed by atoms with Crippen LogP contribution < -0.4 is 10.4 Å². The largest absolute Gasteiger partial charge is 0.348 e. The van der Waals surface area contributed by atoms with Gasteiger partial charge in [-0.25, -0.2) is 4.79 Å². The van der Waals surface area contributed by atoms with Gasteiger partial charge in [-0.05, 0) is 19.9 Å². The van der Waals surface area contributed by atoms with E-state index in [4.69, 9.17) is 0 Å². The molecule has 0 aliphatic heterocycles. The third-order valence-electron chi connectivity index (χ3n) is 1.79. The Morgan fingerprint density at radius 2 is 2.31 bits per heavy atom. The predicted octanol–water partition coefficient (Wildman–Crippen LogP) is 0.295. The summed E-state index contributed by atoms with van der Waals surface area (Å²) in [7, 11) is 0. The number of hydrogen-bond donors (Lipinski definition) is 2. The topological polar surface area (TPSA) is 46.9 Å². The predicted molar refractivity (Wildman–Crippen MR) is 55.0 cm³/mol. The zero-order chi connectivity index (χ0) is 9.84. The van der Waals surface area contributed by atoms with Gasteiger partial charge in [0.1, 0.15) is 0 Å². The van der Waals surface area contributed by atoms with Gasteiger partial charge in [0.15, 0.2) is 0 Å². The average molecular weight is 199 g/mol. The van der Waals surface area contributed by atoms with Crippen molar-refractivity contribution in [3.05, 3.63) is 27.9 Å². The summed E-state index contributed by atoms with van der Waals surface area (Å²) in [5.41, 5.74) is 1.50. The average Bonchev–Trinajstić information content (AvgIpc) is 2.02. The Morgan fingerprint density at radius 1 is 1.62 bits per heavy atom. The molecule has 0 saturated heterocycles. The van der Waals surface area contributed by atoms with Crippen LogP contribution in [-0.2, 0) is 6.54 Å². The molecule has 0 saturated carbocycles. The summed E-state index contributed by atoms with van der Waals surface area (Å²) >= 11 is 3.85. The summed E-state index contributed by atoms with van der Waals surface area (Å²) in [6.45, 7) is 4.96. The Kier molecular flexibility index (Phi) is 3.50. The highest BCUT2D eigenvalue weighted by Crippen LogP contribution is 1.95. The number of nitrogens with zero attached hydrogens (tertiary/aromatic N) is 2. The van der Waals surface area contributed by atoms with Gasteiger partial charge in [0.2, 0.25) is 0 Å². The summed E-state index contributed by atoms with van der Waals surface area (Å²) in [4.78, 5) is 15.2. The van der Waals surface area contributed by atoms with Crippen LogP contribution in [-0.4, -0.2) is 16.1 Å². The number of nitrogens with one attached hydrogen (secondary N) is 1. The monoisotopic (exact) mass is 199 g/mol. The van der Waals surface area contributed by atoms with E-state index in [-0.39, 0.29) is 5.69 Å². The zero-order valence-electron chi connectivity index (χ0n) is 7.74. The molecule has 13 heavy (non-hydrogen) atoms. The van der Waals surface area contributed by atoms with Crippen LogP contribution in [0, 0.1) is 13.8 Å². The molecule has 0 bridgehead atoms. The van der Waals surface area contributed by atoms with Gasteiger partial charge in [0.05, 0.1) is 0 Å². The Bertz CT molecular complexity index is 348. The molecule has 0 aliphatic carbocycles. The van der Waals surface area contributed by atoms with E-state index in [2.05, 4.69) is 22.5 Å². The molecule has 0 amide bonds. The fourth-order valence-electron chi connectivity index (χ4n) is 1.21. The molecule has 4 nitrogen and oxygen atoms in total. The molecule has 72 valence electrons. The van der Waals surface area contributed by atoms with Crippen molar-refractivity contribution >= 4 is 12.8 Å². The first-order chi connectivity index (χ1) is 6.15. The van der Waals surface area contributed by atoms with E-state index in [1.165, 1.54) is 0 Å². The molecule has 0 radical (unpaired) electrons. The smallest absolute Gasteiger partial charge is 0.295 e. The Balaban J connectivity index is 2.99. The lowest BCUT2D eigenvalue weighted by Crippen LogP contribution is -2.28. The standard InChI is InChI=1S/C8H13N3OS/c1-6-5-7(2)11(4-3-9-13)8(12)10-6/h5,9,13H,3-4H2,1-2H3. The molecule has 1 heterocycles. The molecule has 1 aromatic rings. The highest BCUT2D eigenvalue weighted by Gasteiger charge is 2.01. The van der Waals surface area contributed by atoms with E-state index in [9.17, 15) is 4.79 Å². The molecule has 0 aromatic carbocycles. The molecular weight excluding hydrogens is 186 g/mol. The summed E-state index contributed by atoms with van der Waals surface area (Å²) in [5.74, 6) is 0. The molecule has 5 heteroatoms. The normalized spacial score (nSPS) is 10.4. The third kappa shape index (κ3) is 2.57. The van der Waals surface area contributed by atoms with Gasteiger partial charge >= 0.3 is 5.69 Å². The van der Waals surface area contributed by atoms with Crippen LogP contribution in [0.3, 0.4) is 0 Å². The molecule has 1 N–H and O–H groups in total. The Hall–Kier alpha value is -0.810. The van der Waals surface area contributed by atoms with Crippen molar-refractivity contribution in [2.75, 3.05) is 6.54 Å². The SMILES string of the molecule is Cc1cc(C)n(CCNS)c(=O)n1. The van der Waals surface area contributed by atoms with Crippen LogP contribution in [0.15, 0.2) is 10.9 Å². The first-order valence-corrected chi connectivity index (χ1v) is 4.52. The van der Waals surface area contributed by atoms with Crippen molar-refractivity contribution in [1.82, 2.24) is 14.3 Å². The minimum absolute atomic E-state index is 0.193. The Morgan fingerprint density at radius 3 is 2.85 bits per heavy atom.